The second-order valence-corrected chi connectivity index (χ2v) is 10.0. The molecule has 1 aromatic carbocycles. The molecule has 2 aromatic rings. The third-order valence-electron chi connectivity index (χ3n) is 6.98. The highest BCUT2D eigenvalue weighted by atomic mass is 19.1. The molecule has 0 bridgehead atoms. The van der Waals surface area contributed by atoms with Gasteiger partial charge in [-0.25, -0.2) is 9.37 Å². The van der Waals surface area contributed by atoms with E-state index in [1.165, 1.54) is 4.90 Å². The summed E-state index contributed by atoms with van der Waals surface area (Å²) in [6.07, 6.45) is 2.70. The maximum Gasteiger partial charge on any atom is 0.243 e. The average molecular weight is 525 g/mol. The van der Waals surface area contributed by atoms with Crippen LogP contribution in [0.15, 0.2) is 66.4 Å². The number of likely N-dealkylation sites (tertiary alicyclic amines) is 1. The molecular weight excluding hydrogens is 490 g/mol. The summed E-state index contributed by atoms with van der Waals surface area (Å²) in [4.78, 5) is 33.8. The van der Waals surface area contributed by atoms with Crippen molar-refractivity contribution in [3.05, 3.63) is 89.2 Å². The fraction of sp³-hybridized carbons (Fsp3) is 0.414. The first-order valence-corrected chi connectivity index (χ1v) is 13.0. The number of carbonyl (C=O) groups is 2. The highest BCUT2D eigenvalue weighted by Gasteiger charge is 2.40. The molecule has 4 atom stereocenters. The van der Waals surface area contributed by atoms with E-state index in [1.54, 1.807) is 59.7 Å². The molecule has 2 aliphatic heterocycles. The van der Waals surface area contributed by atoms with Crippen molar-refractivity contribution in [3.63, 3.8) is 0 Å². The molecule has 1 saturated heterocycles. The standard InChI is InChI=1S/C29H34F2N4O3/c1-4-34-16-19(10-13-25(34)36)14-26(37)35-17-21(30)15-24(35)29(38)33-27(20-8-6-5-7-9-20)23-12-11-22(18(2)3)28(31)32-23/h5-13,16,18,21,24-25,27,36H,4,14-15,17H2,1-3H3,(H,33,38)/t21-,24+,25?,27+/m1/s1. The Kier molecular flexibility index (Phi) is 8.56. The number of halogens is 2. The van der Waals surface area contributed by atoms with Gasteiger partial charge < -0.3 is 20.2 Å². The minimum absolute atomic E-state index is 0.0260. The molecular formula is C29H34F2N4O3. The van der Waals surface area contributed by atoms with Gasteiger partial charge in [0.1, 0.15) is 18.4 Å². The van der Waals surface area contributed by atoms with E-state index in [4.69, 9.17) is 0 Å². The molecule has 2 aliphatic rings. The second-order valence-electron chi connectivity index (χ2n) is 10.0. The van der Waals surface area contributed by atoms with Crippen molar-refractivity contribution < 1.29 is 23.5 Å². The van der Waals surface area contributed by atoms with Crippen LogP contribution in [0, 0.1) is 5.95 Å². The number of carbonyl (C=O) groups excluding carboxylic acids is 2. The number of aromatic nitrogens is 1. The van der Waals surface area contributed by atoms with E-state index < -0.39 is 36.3 Å². The van der Waals surface area contributed by atoms with Crippen LogP contribution in [-0.4, -0.2) is 63.2 Å². The number of likely N-dealkylation sites (N-methyl/N-ethyl adjacent to an activating group) is 1. The third kappa shape index (κ3) is 6.10. The van der Waals surface area contributed by atoms with Crippen LogP contribution in [0.1, 0.15) is 62.4 Å². The van der Waals surface area contributed by atoms with Crippen LogP contribution in [0.5, 0.6) is 0 Å². The minimum Gasteiger partial charge on any atom is -0.370 e. The molecule has 3 heterocycles. The Bertz CT molecular complexity index is 1220. The van der Waals surface area contributed by atoms with Gasteiger partial charge in [0.25, 0.3) is 0 Å². The zero-order valence-electron chi connectivity index (χ0n) is 21.8. The normalized spacial score (nSPS) is 22.0. The van der Waals surface area contributed by atoms with Crippen LogP contribution in [0.2, 0.25) is 0 Å². The number of aliphatic hydroxyl groups is 1. The van der Waals surface area contributed by atoms with Crippen LogP contribution >= 0.6 is 0 Å². The molecule has 2 amide bonds. The van der Waals surface area contributed by atoms with E-state index in [1.807, 2.05) is 26.8 Å². The van der Waals surface area contributed by atoms with Gasteiger partial charge in [0.15, 0.2) is 0 Å². The van der Waals surface area contributed by atoms with E-state index in [-0.39, 0.29) is 31.2 Å². The summed E-state index contributed by atoms with van der Waals surface area (Å²) in [6.45, 7) is 6.00. The number of amides is 2. The van der Waals surface area contributed by atoms with Crippen molar-refractivity contribution in [1.29, 1.82) is 0 Å². The van der Waals surface area contributed by atoms with Crippen LogP contribution in [-0.2, 0) is 9.59 Å². The van der Waals surface area contributed by atoms with Crippen molar-refractivity contribution in [2.75, 3.05) is 13.1 Å². The molecule has 1 unspecified atom stereocenters. The predicted octanol–water partition coefficient (Wildman–Crippen LogP) is 3.97. The van der Waals surface area contributed by atoms with Crippen LogP contribution in [0.25, 0.3) is 0 Å². The number of nitrogens with zero attached hydrogens (tertiary/aromatic N) is 3. The lowest BCUT2D eigenvalue weighted by Gasteiger charge is -2.29. The van der Waals surface area contributed by atoms with Gasteiger partial charge in [-0.15, -0.1) is 0 Å². The number of alkyl halides is 1. The summed E-state index contributed by atoms with van der Waals surface area (Å²) < 4.78 is 29.3. The molecule has 7 nitrogen and oxygen atoms in total. The Labute approximate surface area is 221 Å². The molecule has 202 valence electrons. The Morgan fingerprint density at radius 2 is 1.92 bits per heavy atom. The van der Waals surface area contributed by atoms with E-state index in [0.29, 0.717) is 28.9 Å². The minimum atomic E-state index is -1.34. The zero-order valence-corrected chi connectivity index (χ0v) is 21.8. The molecule has 0 saturated carbocycles. The maximum atomic E-state index is 14.8. The molecule has 1 aromatic heterocycles. The quantitative estimate of drug-likeness (QED) is 0.511. The van der Waals surface area contributed by atoms with E-state index in [2.05, 4.69) is 10.3 Å². The number of pyridine rings is 1. The molecule has 0 aliphatic carbocycles. The number of aliphatic hydroxyl groups excluding tert-OH is 1. The largest absolute Gasteiger partial charge is 0.370 e. The highest BCUT2D eigenvalue weighted by molar-refractivity contribution is 5.89. The fourth-order valence-corrected chi connectivity index (χ4v) is 4.88. The van der Waals surface area contributed by atoms with Crippen LogP contribution < -0.4 is 5.32 Å². The van der Waals surface area contributed by atoms with Crippen molar-refractivity contribution in [1.82, 2.24) is 20.1 Å². The third-order valence-corrected chi connectivity index (χ3v) is 6.98. The van der Waals surface area contributed by atoms with Crippen molar-refractivity contribution in [2.24, 2.45) is 0 Å². The van der Waals surface area contributed by atoms with Crippen LogP contribution in [0.4, 0.5) is 8.78 Å². The molecule has 0 spiro atoms. The van der Waals surface area contributed by atoms with E-state index in [0.717, 1.165) is 0 Å². The summed E-state index contributed by atoms with van der Waals surface area (Å²) in [5.74, 6) is -1.56. The highest BCUT2D eigenvalue weighted by Crippen LogP contribution is 2.28. The summed E-state index contributed by atoms with van der Waals surface area (Å²) in [6, 6.07) is 10.6. The monoisotopic (exact) mass is 524 g/mol. The predicted molar refractivity (Wildman–Crippen MR) is 140 cm³/mol. The Hall–Kier alpha value is -3.59. The molecule has 4 rings (SSSR count). The van der Waals surface area contributed by atoms with Gasteiger partial charge in [0.05, 0.1) is 24.7 Å². The van der Waals surface area contributed by atoms with E-state index >= 15 is 0 Å². The number of allylic oxidation sites excluding steroid dienone is 1. The molecule has 1 fully saturated rings. The molecule has 2 N–H and O–H groups in total. The number of hydrogen-bond acceptors (Lipinski definition) is 5. The van der Waals surface area contributed by atoms with Gasteiger partial charge in [-0.2, -0.15) is 4.39 Å². The van der Waals surface area contributed by atoms with Gasteiger partial charge in [0.2, 0.25) is 17.8 Å². The molecule has 38 heavy (non-hydrogen) atoms. The summed E-state index contributed by atoms with van der Waals surface area (Å²) in [5, 5.41) is 12.9. The van der Waals surface area contributed by atoms with Crippen molar-refractivity contribution in [3.8, 4) is 0 Å². The molecule has 0 radical (unpaired) electrons. The maximum absolute atomic E-state index is 14.8. The first-order chi connectivity index (χ1) is 18.2. The Balaban J connectivity index is 1.55. The number of hydrogen-bond donors (Lipinski definition) is 2. The van der Waals surface area contributed by atoms with Gasteiger partial charge in [-0.1, -0.05) is 56.3 Å². The number of rotatable bonds is 8. The first-order valence-electron chi connectivity index (χ1n) is 13.0. The van der Waals surface area contributed by atoms with Crippen LogP contribution in [0.3, 0.4) is 0 Å². The van der Waals surface area contributed by atoms with Gasteiger partial charge in [0, 0.05) is 24.7 Å². The lowest BCUT2D eigenvalue weighted by Crippen LogP contribution is -2.47. The number of benzene rings is 1. The lowest BCUT2D eigenvalue weighted by atomic mass is 9.99. The Morgan fingerprint density at radius 3 is 2.58 bits per heavy atom. The van der Waals surface area contributed by atoms with Gasteiger partial charge >= 0.3 is 0 Å². The SMILES string of the molecule is CCN1C=C(CC(=O)N2C[C@H](F)C[C@H]2C(=O)N[C@@H](c2ccccc2)c2ccc(C(C)C)c(F)n2)C=CC1O. The lowest BCUT2D eigenvalue weighted by molar-refractivity contribution is -0.138. The summed E-state index contributed by atoms with van der Waals surface area (Å²) >= 11 is 0. The van der Waals surface area contributed by atoms with Crippen molar-refractivity contribution in [2.45, 2.75) is 64.0 Å². The fourth-order valence-electron chi connectivity index (χ4n) is 4.88. The second kappa shape index (κ2) is 11.9. The smallest absolute Gasteiger partial charge is 0.243 e. The summed E-state index contributed by atoms with van der Waals surface area (Å²) in [7, 11) is 0. The summed E-state index contributed by atoms with van der Waals surface area (Å²) in [5.41, 5.74) is 2.14. The van der Waals surface area contributed by atoms with Gasteiger partial charge in [-0.3, -0.25) is 9.59 Å². The first kappa shape index (κ1) is 27.4. The average Bonchev–Trinajstić information content (AvgIpc) is 3.30. The Morgan fingerprint density at radius 1 is 1.18 bits per heavy atom. The number of nitrogens with one attached hydrogen (secondary N) is 1. The van der Waals surface area contributed by atoms with Crippen molar-refractivity contribution >= 4 is 11.8 Å². The topological polar surface area (TPSA) is 85.8 Å². The molecule has 9 heteroatoms. The van der Waals surface area contributed by atoms with E-state index in [9.17, 15) is 23.5 Å². The van der Waals surface area contributed by atoms with Gasteiger partial charge in [-0.05, 0) is 36.1 Å². The zero-order chi connectivity index (χ0) is 27.4.